The maximum absolute atomic E-state index is 12.9. The number of carbonyl (C=O) groups is 2. The highest BCUT2D eigenvalue weighted by atomic mass is 32.2. The molecule has 30 heavy (non-hydrogen) atoms. The van der Waals surface area contributed by atoms with Crippen LogP contribution in [0, 0.1) is 0 Å². The molecule has 0 saturated carbocycles. The molecule has 5 N–H and O–H groups in total. The van der Waals surface area contributed by atoms with Gasteiger partial charge in [0.2, 0.25) is 5.91 Å². The Hall–Kier alpha value is -3.46. The quantitative estimate of drug-likeness (QED) is 0.624. The number of ether oxygens (including phenoxy) is 2. The van der Waals surface area contributed by atoms with Gasteiger partial charge >= 0.3 is 0 Å². The topological polar surface area (TPSA) is 129 Å². The number of nitrogens with zero attached hydrogens (tertiary/aromatic N) is 1. The summed E-state index contributed by atoms with van der Waals surface area (Å²) in [6, 6.07) is 14.1. The van der Waals surface area contributed by atoms with Crippen molar-refractivity contribution in [1.29, 1.82) is 0 Å². The van der Waals surface area contributed by atoms with Crippen molar-refractivity contribution in [2.24, 2.45) is 16.5 Å². The van der Waals surface area contributed by atoms with Crippen LogP contribution in [-0.2, 0) is 9.59 Å². The molecular weight excluding hydrogens is 404 g/mol. The second kappa shape index (κ2) is 9.36. The predicted octanol–water partition coefficient (Wildman–Crippen LogP) is 2.58. The van der Waals surface area contributed by atoms with Crippen molar-refractivity contribution in [2.75, 3.05) is 19.0 Å². The number of benzene rings is 2. The molecule has 2 aromatic rings. The maximum Gasteiger partial charge on any atom is 0.253 e. The Kier molecular flexibility index (Phi) is 6.63. The Morgan fingerprint density at radius 1 is 1.13 bits per heavy atom. The number of hydrogen-bond acceptors (Lipinski definition) is 7. The van der Waals surface area contributed by atoms with Crippen LogP contribution in [0.5, 0.6) is 11.5 Å². The summed E-state index contributed by atoms with van der Waals surface area (Å²) < 4.78 is 10.8. The highest BCUT2D eigenvalue weighted by Gasteiger charge is 2.38. The number of amides is 2. The molecule has 0 saturated heterocycles. The van der Waals surface area contributed by atoms with Crippen molar-refractivity contribution in [3.8, 4) is 11.5 Å². The Morgan fingerprint density at radius 2 is 1.80 bits per heavy atom. The Morgan fingerprint density at radius 3 is 2.47 bits per heavy atom. The number of methoxy groups -OCH3 is 1. The van der Waals surface area contributed by atoms with Gasteiger partial charge in [-0.05, 0) is 31.2 Å². The molecule has 2 amide bonds. The molecule has 1 aliphatic rings. The van der Waals surface area contributed by atoms with Crippen LogP contribution in [0.2, 0.25) is 0 Å². The minimum absolute atomic E-state index is 0.0316. The van der Waals surface area contributed by atoms with Gasteiger partial charge < -0.3 is 26.3 Å². The molecule has 1 aliphatic heterocycles. The first-order valence-electron chi connectivity index (χ1n) is 9.17. The van der Waals surface area contributed by atoms with Crippen molar-refractivity contribution in [3.63, 3.8) is 0 Å². The Bertz CT molecular complexity index is 1040. The first kappa shape index (κ1) is 21.3. The summed E-state index contributed by atoms with van der Waals surface area (Å²) in [5.74, 6) is -0.101. The van der Waals surface area contributed by atoms with Gasteiger partial charge in [0.25, 0.3) is 5.91 Å². The zero-order chi connectivity index (χ0) is 21.7. The molecule has 2 aromatic carbocycles. The summed E-state index contributed by atoms with van der Waals surface area (Å²) in [5.41, 5.74) is 12.8. The SMILES string of the molecule is CCOc1ccccc1NC(=O)[C@@H]1SC(=Nc2ccccc2OC)C(C(N)=O)=C1N. The lowest BCUT2D eigenvalue weighted by Crippen LogP contribution is -2.29. The van der Waals surface area contributed by atoms with Crippen LogP contribution in [-0.4, -0.2) is 35.8 Å². The third kappa shape index (κ3) is 4.41. The monoisotopic (exact) mass is 426 g/mol. The zero-order valence-electron chi connectivity index (χ0n) is 16.5. The second-order valence-electron chi connectivity index (χ2n) is 6.20. The van der Waals surface area contributed by atoms with Crippen molar-refractivity contribution >= 4 is 40.0 Å². The van der Waals surface area contributed by atoms with E-state index in [0.717, 1.165) is 11.8 Å². The van der Waals surface area contributed by atoms with E-state index in [4.69, 9.17) is 20.9 Å². The molecule has 0 fully saturated rings. The van der Waals surface area contributed by atoms with Crippen molar-refractivity contribution in [1.82, 2.24) is 0 Å². The van der Waals surface area contributed by atoms with Gasteiger partial charge in [-0.2, -0.15) is 0 Å². The molecule has 0 aromatic heterocycles. The van der Waals surface area contributed by atoms with Crippen molar-refractivity contribution in [2.45, 2.75) is 12.2 Å². The van der Waals surface area contributed by atoms with Gasteiger partial charge in [0.05, 0.1) is 25.0 Å². The number of primary amides is 1. The summed E-state index contributed by atoms with van der Waals surface area (Å²) in [6.45, 7) is 2.31. The second-order valence-corrected chi connectivity index (χ2v) is 7.29. The van der Waals surface area contributed by atoms with Crippen LogP contribution in [0.25, 0.3) is 0 Å². The van der Waals surface area contributed by atoms with E-state index in [1.807, 2.05) is 13.0 Å². The smallest absolute Gasteiger partial charge is 0.253 e. The van der Waals surface area contributed by atoms with Crippen LogP contribution in [0.4, 0.5) is 11.4 Å². The normalized spacial score (nSPS) is 17.1. The highest BCUT2D eigenvalue weighted by molar-refractivity contribution is 8.16. The molecule has 8 nitrogen and oxygen atoms in total. The minimum atomic E-state index is -0.865. The van der Waals surface area contributed by atoms with Crippen LogP contribution in [0.1, 0.15) is 6.92 Å². The average Bonchev–Trinajstić information content (AvgIpc) is 3.06. The van der Waals surface area contributed by atoms with E-state index in [2.05, 4.69) is 10.3 Å². The van der Waals surface area contributed by atoms with E-state index in [1.54, 1.807) is 42.5 Å². The van der Waals surface area contributed by atoms with Gasteiger partial charge in [-0.15, -0.1) is 0 Å². The Balaban J connectivity index is 1.91. The fraction of sp³-hybridized carbons (Fsp3) is 0.190. The lowest BCUT2D eigenvalue weighted by Gasteiger charge is -2.14. The van der Waals surface area contributed by atoms with E-state index in [-0.39, 0.29) is 16.3 Å². The molecule has 156 valence electrons. The zero-order valence-corrected chi connectivity index (χ0v) is 17.4. The van der Waals surface area contributed by atoms with E-state index in [1.165, 1.54) is 7.11 Å². The average molecular weight is 426 g/mol. The summed E-state index contributed by atoms with van der Waals surface area (Å²) in [5, 5.41) is 2.20. The molecule has 0 radical (unpaired) electrons. The number of nitrogens with two attached hydrogens (primary N) is 2. The molecule has 0 aliphatic carbocycles. The van der Waals surface area contributed by atoms with E-state index in [0.29, 0.717) is 29.5 Å². The summed E-state index contributed by atoms with van der Waals surface area (Å²) >= 11 is 1.06. The summed E-state index contributed by atoms with van der Waals surface area (Å²) in [7, 11) is 1.52. The third-order valence-corrected chi connectivity index (χ3v) is 5.47. The number of carbonyl (C=O) groups excluding carboxylic acids is 2. The lowest BCUT2D eigenvalue weighted by molar-refractivity contribution is -0.115. The van der Waals surface area contributed by atoms with Crippen LogP contribution in [0.3, 0.4) is 0 Å². The molecule has 3 rings (SSSR count). The molecule has 9 heteroatoms. The molecular formula is C21H22N4O4S. The number of nitrogens with one attached hydrogen (secondary N) is 1. The standard InChI is InChI=1S/C21H22N4O4S/c1-3-29-15-11-7-5-9-13(15)24-20(27)18-17(22)16(19(23)26)21(30-18)25-12-8-4-6-10-14(12)28-2/h4-11,18H,3,22H2,1-2H3,(H2,23,26)(H,24,27)/t18-/m1/s1. The third-order valence-electron chi connectivity index (χ3n) is 4.25. The van der Waals surface area contributed by atoms with Crippen molar-refractivity contribution < 1.29 is 19.1 Å². The number of para-hydroxylation sites is 4. The highest BCUT2D eigenvalue weighted by Crippen LogP contribution is 2.37. The van der Waals surface area contributed by atoms with Gasteiger partial charge in [0.1, 0.15) is 27.5 Å². The number of thioether (sulfide) groups is 1. The van der Waals surface area contributed by atoms with E-state index in [9.17, 15) is 9.59 Å². The summed E-state index contributed by atoms with van der Waals surface area (Å²) in [6.07, 6.45) is 0. The molecule has 1 heterocycles. The number of anilines is 1. The van der Waals surface area contributed by atoms with Gasteiger partial charge in [0.15, 0.2) is 0 Å². The number of aliphatic imine (C=N–C) groups is 1. The van der Waals surface area contributed by atoms with Crippen LogP contribution in [0.15, 0.2) is 64.8 Å². The lowest BCUT2D eigenvalue weighted by atomic mass is 10.1. The van der Waals surface area contributed by atoms with Gasteiger partial charge in [0, 0.05) is 5.70 Å². The maximum atomic E-state index is 12.9. The van der Waals surface area contributed by atoms with Gasteiger partial charge in [-0.3, -0.25) is 9.59 Å². The summed E-state index contributed by atoms with van der Waals surface area (Å²) in [4.78, 5) is 29.5. The van der Waals surface area contributed by atoms with Crippen LogP contribution < -0.4 is 26.3 Å². The Labute approximate surface area is 178 Å². The van der Waals surface area contributed by atoms with Gasteiger partial charge in [-0.25, -0.2) is 4.99 Å². The van der Waals surface area contributed by atoms with Gasteiger partial charge in [-0.1, -0.05) is 36.0 Å². The number of hydrogen-bond donors (Lipinski definition) is 3. The largest absolute Gasteiger partial charge is 0.494 e. The fourth-order valence-corrected chi connectivity index (χ4v) is 4.02. The van der Waals surface area contributed by atoms with E-state index < -0.39 is 17.1 Å². The predicted molar refractivity (Wildman–Crippen MR) is 118 cm³/mol. The first-order chi connectivity index (χ1) is 14.5. The fourth-order valence-electron chi connectivity index (χ4n) is 2.89. The molecule has 0 unspecified atom stereocenters. The number of rotatable bonds is 7. The first-order valence-corrected chi connectivity index (χ1v) is 10.0. The molecule has 0 spiro atoms. The molecule has 1 atom stereocenters. The van der Waals surface area contributed by atoms with Crippen LogP contribution >= 0.6 is 11.8 Å². The van der Waals surface area contributed by atoms with Crippen molar-refractivity contribution in [3.05, 3.63) is 59.8 Å². The van der Waals surface area contributed by atoms with E-state index >= 15 is 0 Å². The molecule has 0 bridgehead atoms. The minimum Gasteiger partial charge on any atom is -0.494 e.